The minimum Gasteiger partial charge on any atom is -0.345 e. The fourth-order valence-electron chi connectivity index (χ4n) is 3.04. The average Bonchev–Trinajstić information content (AvgIpc) is 3.14. The van der Waals surface area contributed by atoms with E-state index >= 15 is 0 Å². The highest BCUT2D eigenvalue weighted by Gasteiger charge is 2.13. The maximum absolute atomic E-state index is 5.80. The predicted molar refractivity (Wildman–Crippen MR) is 112 cm³/mol. The molecule has 6 nitrogen and oxygen atoms in total. The van der Waals surface area contributed by atoms with Gasteiger partial charge in [-0.15, -0.1) is 0 Å². The molecular weight excluding hydrogens is 356 g/mol. The van der Waals surface area contributed by atoms with Crippen LogP contribution in [-0.4, -0.2) is 22.0 Å². The maximum atomic E-state index is 5.80. The summed E-state index contributed by atoms with van der Waals surface area (Å²) in [6.07, 6.45) is 3.53. The number of aromatic amines is 1. The highest BCUT2D eigenvalue weighted by molar-refractivity contribution is 7.97. The monoisotopic (exact) mass is 376 g/mol. The molecule has 0 atom stereocenters. The van der Waals surface area contributed by atoms with Gasteiger partial charge in [0.25, 0.3) is 0 Å². The third-order valence-corrected chi connectivity index (χ3v) is 4.95. The zero-order chi connectivity index (χ0) is 18.6. The van der Waals surface area contributed by atoms with Gasteiger partial charge in [-0.3, -0.25) is 4.72 Å². The fourth-order valence-corrected chi connectivity index (χ4v) is 3.61. The molecule has 136 valence electrons. The molecule has 4 aromatic rings. The summed E-state index contributed by atoms with van der Waals surface area (Å²) in [5.74, 6) is 0.765. The molecule has 0 saturated carbocycles. The Kier molecular flexibility index (Phi) is 5.06. The number of nitrogens with two attached hydrogens (primary N) is 1. The molecule has 4 rings (SSSR count). The largest absolute Gasteiger partial charge is 0.345 e. The minimum atomic E-state index is 0.508. The fraction of sp³-hybridized carbons (Fsp3) is 0.100. The Morgan fingerprint density at radius 1 is 1.11 bits per heavy atom. The van der Waals surface area contributed by atoms with Crippen LogP contribution in [-0.2, 0) is 6.54 Å². The quantitative estimate of drug-likeness (QED) is 0.380. The van der Waals surface area contributed by atoms with Crippen molar-refractivity contribution in [3.63, 3.8) is 0 Å². The summed E-state index contributed by atoms with van der Waals surface area (Å²) in [5.41, 5.74) is 10.8. The van der Waals surface area contributed by atoms with Gasteiger partial charge in [0.1, 0.15) is 17.8 Å². The van der Waals surface area contributed by atoms with Gasteiger partial charge < -0.3 is 16.0 Å². The van der Waals surface area contributed by atoms with Crippen molar-refractivity contribution >= 4 is 34.5 Å². The first-order chi connectivity index (χ1) is 13.3. The van der Waals surface area contributed by atoms with E-state index in [-0.39, 0.29) is 0 Å². The third kappa shape index (κ3) is 3.66. The molecule has 7 heteroatoms. The number of benzene rings is 2. The van der Waals surface area contributed by atoms with Crippen LogP contribution >= 0.6 is 11.9 Å². The minimum absolute atomic E-state index is 0.508. The molecular formula is C20H20N6S. The summed E-state index contributed by atoms with van der Waals surface area (Å²) in [7, 11) is 1.90. The number of rotatable bonds is 6. The van der Waals surface area contributed by atoms with Crippen molar-refractivity contribution in [1.29, 1.82) is 0 Å². The molecule has 0 radical (unpaired) electrons. The van der Waals surface area contributed by atoms with Crippen molar-refractivity contribution < 1.29 is 0 Å². The Labute approximate surface area is 161 Å². The van der Waals surface area contributed by atoms with Crippen molar-refractivity contribution in [2.24, 2.45) is 5.73 Å². The molecule has 2 heterocycles. The molecule has 0 unspecified atom stereocenters. The number of hydrogen-bond donors (Lipinski definition) is 4. The number of anilines is 2. The Balaban J connectivity index is 1.77. The molecule has 0 saturated heterocycles. The number of nitrogens with one attached hydrogen (secondary N) is 3. The van der Waals surface area contributed by atoms with Crippen LogP contribution in [0.15, 0.2) is 66.0 Å². The van der Waals surface area contributed by atoms with Gasteiger partial charge in [-0.1, -0.05) is 24.3 Å². The van der Waals surface area contributed by atoms with Crippen LogP contribution in [0.4, 0.5) is 11.5 Å². The molecule has 2 aromatic heterocycles. The van der Waals surface area contributed by atoms with Crippen LogP contribution in [0, 0.1) is 0 Å². The average molecular weight is 376 g/mol. The van der Waals surface area contributed by atoms with Gasteiger partial charge in [-0.2, -0.15) is 0 Å². The molecule has 0 fully saturated rings. The third-order valence-electron chi connectivity index (χ3n) is 4.26. The lowest BCUT2D eigenvalue weighted by Gasteiger charge is -2.10. The summed E-state index contributed by atoms with van der Waals surface area (Å²) in [6, 6.07) is 16.4. The molecule has 0 spiro atoms. The molecule has 0 amide bonds. The van der Waals surface area contributed by atoms with Gasteiger partial charge in [0.05, 0.1) is 5.39 Å². The van der Waals surface area contributed by atoms with Crippen LogP contribution in [0.5, 0.6) is 0 Å². The normalized spacial score (nSPS) is 11.0. The van der Waals surface area contributed by atoms with Crippen LogP contribution in [0.3, 0.4) is 0 Å². The van der Waals surface area contributed by atoms with E-state index in [0.29, 0.717) is 6.54 Å². The Morgan fingerprint density at radius 3 is 2.85 bits per heavy atom. The zero-order valence-corrected chi connectivity index (χ0v) is 15.7. The van der Waals surface area contributed by atoms with Gasteiger partial charge in [0.15, 0.2) is 0 Å². The number of hydrogen-bond acceptors (Lipinski definition) is 6. The van der Waals surface area contributed by atoms with Crippen LogP contribution in [0.2, 0.25) is 0 Å². The van der Waals surface area contributed by atoms with Gasteiger partial charge >= 0.3 is 0 Å². The first-order valence-corrected chi connectivity index (χ1v) is 9.42. The first kappa shape index (κ1) is 17.5. The molecule has 5 N–H and O–H groups in total. The molecule has 0 aliphatic heterocycles. The van der Waals surface area contributed by atoms with Crippen molar-refractivity contribution in [2.75, 3.05) is 12.4 Å². The van der Waals surface area contributed by atoms with E-state index in [1.807, 2.05) is 37.5 Å². The van der Waals surface area contributed by atoms with E-state index in [1.165, 1.54) is 0 Å². The Morgan fingerprint density at radius 2 is 2.00 bits per heavy atom. The van der Waals surface area contributed by atoms with E-state index in [0.717, 1.165) is 44.1 Å². The second-order valence-corrected chi connectivity index (χ2v) is 7.10. The second kappa shape index (κ2) is 7.79. The smallest absolute Gasteiger partial charge is 0.143 e. The lowest BCUT2D eigenvalue weighted by Crippen LogP contribution is -1.97. The Hall–Kier alpha value is -2.87. The summed E-state index contributed by atoms with van der Waals surface area (Å²) >= 11 is 1.57. The van der Waals surface area contributed by atoms with Crippen molar-refractivity contribution in [2.45, 2.75) is 11.4 Å². The van der Waals surface area contributed by atoms with E-state index in [1.54, 1.807) is 18.3 Å². The topological polar surface area (TPSA) is 91.6 Å². The van der Waals surface area contributed by atoms with Gasteiger partial charge in [-0.25, -0.2) is 9.97 Å². The van der Waals surface area contributed by atoms with Gasteiger partial charge in [-0.05, 0) is 54.4 Å². The molecule has 0 aliphatic rings. The number of aromatic nitrogens is 3. The lowest BCUT2D eigenvalue weighted by molar-refractivity contribution is 1.07. The van der Waals surface area contributed by atoms with E-state index in [9.17, 15) is 0 Å². The predicted octanol–water partition coefficient (Wildman–Crippen LogP) is 4.05. The number of nitrogens with zero attached hydrogens (tertiary/aromatic N) is 2. The number of fused-ring (bicyclic) bond motifs is 1. The van der Waals surface area contributed by atoms with Crippen molar-refractivity contribution in [3.05, 3.63) is 66.6 Å². The van der Waals surface area contributed by atoms with Gasteiger partial charge in [0, 0.05) is 28.9 Å². The molecule has 0 bridgehead atoms. The summed E-state index contributed by atoms with van der Waals surface area (Å²) in [4.78, 5) is 13.2. The highest BCUT2D eigenvalue weighted by Crippen LogP contribution is 2.34. The Bertz CT molecular complexity index is 1070. The standard InChI is InChI=1S/C20H20N6S/c1-22-27-16-7-3-6-15(9-16)26-20-18-17(11-23-19(18)24-12-25-20)14-5-2-4-13(8-14)10-21/h2-9,11-12,22H,10,21H2,1H3,(H2,23,24,25,26). The maximum Gasteiger partial charge on any atom is 0.143 e. The SMILES string of the molecule is CNSc1cccc(Nc2ncnc3[nH]cc(-c4cccc(CN)c4)c23)c1. The molecule has 27 heavy (non-hydrogen) atoms. The number of H-pyrrole nitrogens is 1. The van der Waals surface area contributed by atoms with Crippen LogP contribution in [0.1, 0.15) is 5.56 Å². The van der Waals surface area contributed by atoms with E-state index in [2.05, 4.69) is 49.3 Å². The summed E-state index contributed by atoms with van der Waals surface area (Å²) in [6.45, 7) is 0.508. The zero-order valence-electron chi connectivity index (χ0n) is 14.9. The van der Waals surface area contributed by atoms with Crippen molar-refractivity contribution in [1.82, 2.24) is 19.7 Å². The second-order valence-electron chi connectivity index (χ2n) is 6.01. The van der Waals surface area contributed by atoms with Gasteiger partial charge in [0.2, 0.25) is 0 Å². The van der Waals surface area contributed by atoms with E-state index in [4.69, 9.17) is 5.73 Å². The summed E-state index contributed by atoms with van der Waals surface area (Å²) < 4.78 is 3.09. The molecule has 0 aliphatic carbocycles. The summed E-state index contributed by atoms with van der Waals surface area (Å²) in [5, 5.41) is 4.39. The van der Waals surface area contributed by atoms with E-state index < -0.39 is 0 Å². The van der Waals surface area contributed by atoms with Crippen LogP contribution < -0.4 is 15.8 Å². The highest BCUT2D eigenvalue weighted by atomic mass is 32.2. The first-order valence-electron chi connectivity index (χ1n) is 8.60. The van der Waals surface area contributed by atoms with Crippen LogP contribution in [0.25, 0.3) is 22.2 Å². The molecule has 2 aromatic carbocycles. The lowest BCUT2D eigenvalue weighted by atomic mass is 10.0. The van der Waals surface area contributed by atoms with Crippen molar-refractivity contribution in [3.8, 4) is 11.1 Å².